The molecule has 0 spiro atoms. The summed E-state index contributed by atoms with van der Waals surface area (Å²) in [6.07, 6.45) is 3.09. The monoisotopic (exact) mass is 315 g/mol. The number of nitrogens with one attached hydrogen (secondary N) is 1. The molecule has 1 aliphatic heterocycles. The van der Waals surface area contributed by atoms with Gasteiger partial charge in [0.05, 0.1) is 4.90 Å². The molecule has 22 heavy (non-hydrogen) atoms. The number of rotatable bonds is 2. The first-order valence-corrected chi connectivity index (χ1v) is 8.00. The van der Waals surface area contributed by atoms with Crippen LogP contribution in [-0.2, 0) is 14.8 Å². The van der Waals surface area contributed by atoms with Crippen molar-refractivity contribution in [2.75, 3.05) is 11.9 Å². The molecule has 1 amide bonds. The highest BCUT2D eigenvalue weighted by Crippen LogP contribution is 2.24. The van der Waals surface area contributed by atoms with Crippen LogP contribution in [0.2, 0.25) is 0 Å². The van der Waals surface area contributed by atoms with Gasteiger partial charge in [-0.3, -0.25) is 14.4 Å². The molecule has 1 aliphatic rings. The molecule has 0 atom stereocenters. The van der Waals surface area contributed by atoms with Crippen LogP contribution in [0.4, 0.5) is 5.82 Å². The fraction of sp³-hybridized carbons (Fsp3) is 0.0667. The third-order valence-corrected chi connectivity index (χ3v) is 4.72. The van der Waals surface area contributed by atoms with E-state index in [4.69, 9.17) is 0 Å². The normalized spacial score (nSPS) is 15.2. The maximum Gasteiger partial charge on any atom is 0.276 e. The Morgan fingerprint density at radius 1 is 1.14 bits per heavy atom. The second kappa shape index (κ2) is 5.27. The van der Waals surface area contributed by atoms with Gasteiger partial charge in [0.2, 0.25) is 0 Å². The Morgan fingerprint density at radius 3 is 2.59 bits per heavy atom. The molecule has 0 fully saturated rings. The van der Waals surface area contributed by atoms with Crippen molar-refractivity contribution >= 4 is 27.8 Å². The third kappa shape index (κ3) is 2.46. The van der Waals surface area contributed by atoms with E-state index in [1.807, 2.05) is 0 Å². The molecule has 6 nitrogen and oxygen atoms in total. The summed E-state index contributed by atoms with van der Waals surface area (Å²) >= 11 is 0. The van der Waals surface area contributed by atoms with Crippen LogP contribution >= 0.6 is 0 Å². The van der Waals surface area contributed by atoms with Gasteiger partial charge in [0.15, 0.2) is 0 Å². The predicted molar refractivity (Wildman–Crippen MR) is 82.4 cm³/mol. The molecule has 0 unspecified atom stereocenters. The van der Waals surface area contributed by atoms with Gasteiger partial charge in [0.25, 0.3) is 15.9 Å². The average Bonchev–Trinajstić information content (AvgIpc) is 2.53. The van der Waals surface area contributed by atoms with E-state index in [1.54, 1.807) is 49.6 Å². The number of sulfonamides is 1. The Labute approximate surface area is 128 Å². The van der Waals surface area contributed by atoms with Gasteiger partial charge in [-0.1, -0.05) is 24.3 Å². The zero-order valence-electron chi connectivity index (χ0n) is 11.7. The maximum atomic E-state index is 12.5. The Kier molecular flexibility index (Phi) is 3.42. The Bertz CT molecular complexity index is 861. The molecule has 3 rings (SSSR count). The van der Waals surface area contributed by atoms with Crippen molar-refractivity contribution in [3.05, 3.63) is 59.9 Å². The van der Waals surface area contributed by atoms with Crippen LogP contribution in [0.25, 0.3) is 6.08 Å². The summed E-state index contributed by atoms with van der Waals surface area (Å²) in [6, 6.07) is 11.7. The van der Waals surface area contributed by atoms with Gasteiger partial charge >= 0.3 is 0 Å². The van der Waals surface area contributed by atoms with Gasteiger partial charge in [0.1, 0.15) is 11.5 Å². The molecule has 0 aliphatic carbocycles. The van der Waals surface area contributed by atoms with Crippen LogP contribution < -0.4 is 9.62 Å². The van der Waals surface area contributed by atoms with Crippen molar-refractivity contribution in [1.29, 1.82) is 0 Å². The molecule has 0 saturated carbocycles. The van der Waals surface area contributed by atoms with Gasteiger partial charge in [-0.2, -0.15) is 0 Å². The highest BCUT2D eigenvalue weighted by Gasteiger charge is 2.28. The number of hydrogen-bond donors (Lipinski definition) is 1. The van der Waals surface area contributed by atoms with E-state index in [9.17, 15) is 13.2 Å². The van der Waals surface area contributed by atoms with Crippen LogP contribution in [0.3, 0.4) is 0 Å². The van der Waals surface area contributed by atoms with Crippen LogP contribution in [0.15, 0.2) is 59.3 Å². The average molecular weight is 315 g/mol. The molecule has 0 saturated heterocycles. The van der Waals surface area contributed by atoms with Crippen LogP contribution in [0, 0.1) is 0 Å². The Hall–Kier alpha value is -2.67. The molecular weight excluding hydrogens is 302 g/mol. The third-order valence-electron chi connectivity index (χ3n) is 3.28. The second-order valence-electron chi connectivity index (χ2n) is 4.75. The van der Waals surface area contributed by atoms with Gasteiger partial charge in [0, 0.05) is 13.2 Å². The van der Waals surface area contributed by atoms with E-state index in [2.05, 4.69) is 9.71 Å². The van der Waals surface area contributed by atoms with Crippen LogP contribution in [0.5, 0.6) is 0 Å². The minimum Gasteiger partial charge on any atom is -0.295 e. The summed E-state index contributed by atoms with van der Waals surface area (Å²) in [5.74, 6) is -0.0387. The van der Waals surface area contributed by atoms with Gasteiger partial charge in [-0.25, -0.2) is 13.4 Å². The van der Waals surface area contributed by atoms with E-state index < -0.39 is 15.9 Å². The highest BCUT2D eigenvalue weighted by molar-refractivity contribution is 7.89. The van der Waals surface area contributed by atoms with Crippen molar-refractivity contribution in [2.24, 2.45) is 0 Å². The predicted octanol–water partition coefficient (Wildman–Crippen LogP) is 1.38. The summed E-state index contributed by atoms with van der Waals surface area (Å²) in [6.45, 7) is 0. The van der Waals surface area contributed by atoms with E-state index in [0.29, 0.717) is 11.4 Å². The molecule has 112 valence electrons. The number of aromatic nitrogens is 1. The molecular formula is C15H13N3O3S. The lowest BCUT2D eigenvalue weighted by molar-refractivity contribution is -0.115. The molecule has 2 aromatic rings. The number of likely N-dealkylation sites (N-methyl/N-ethyl adjacent to an activating group) is 1. The summed E-state index contributed by atoms with van der Waals surface area (Å²) < 4.78 is 26.7. The fourth-order valence-electron chi connectivity index (χ4n) is 2.17. The topological polar surface area (TPSA) is 79.4 Å². The van der Waals surface area contributed by atoms with Crippen molar-refractivity contribution < 1.29 is 13.2 Å². The molecule has 1 aromatic carbocycles. The van der Waals surface area contributed by atoms with E-state index in [-0.39, 0.29) is 10.6 Å². The van der Waals surface area contributed by atoms with Crippen LogP contribution in [-0.4, -0.2) is 26.4 Å². The highest BCUT2D eigenvalue weighted by atomic mass is 32.2. The summed E-state index contributed by atoms with van der Waals surface area (Å²) in [5, 5.41) is 0. The fourth-order valence-corrected chi connectivity index (χ4v) is 3.41. The van der Waals surface area contributed by atoms with E-state index in [1.165, 1.54) is 17.0 Å². The second-order valence-corrected chi connectivity index (χ2v) is 6.40. The standard InChI is InChI=1S/C15H13N3O3S/c1-18(14-8-4-5-9-16-14)15(19)12-10-11-6-2-3-7-13(11)22(20,21)17-12/h2-10,17H,1H3. The molecule has 1 N–H and O–H groups in total. The molecule has 1 aromatic heterocycles. The van der Waals surface area contributed by atoms with Crippen molar-refractivity contribution in [3.63, 3.8) is 0 Å². The number of benzene rings is 1. The number of fused-ring (bicyclic) bond motifs is 1. The van der Waals surface area contributed by atoms with Crippen molar-refractivity contribution in [2.45, 2.75) is 4.90 Å². The lowest BCUT2D eigenvalue weighted by Gasteiger charge is -2.22. The van der Waals surface area contributed by atoms with E-state index in [0.717, 1.165) is 0 Å². The lowest BCUT2D eigenvalue weighted by Crippen LogP contribution is -2.38. The molecule has 0 radical (unpaired) electrons. The van der Waals surface area contributed by atoms with Crippen molar-refractivity contribution in [1.82, 2.24) is 9.71 Å². The Balaban J connectivity index is 2.00. The zero-order chi connectivity index (χ0) is 15.7. The number of nitrogens with zero attached hydrogens (tertiary/aromatic N) is 2. The molecule has 0 bridgehead atoms. The SMILES string of the molecule is CN(C(=O)C1=Cc2ccccc2S(=O)(=O)N1)c1ccccn1. The molecule has 7 heteroatoms. The van der Waals surface area contributed by atoms with Gasteiger partial charge in [-0.05, 0) is 29.8 Å². The summed E-state index contributed by atoms with van der Waals surface area (Å²) in [5.41, 5.74) is 0.478. The Morgan fingerprint density at radius 2 is 1.86 bits per heavy atom. The van der Waals surface area contributed by atoms with Gasteiger partial charge < -0.3 is 0 Å². The minimum absolute atomic E-state index is 0.00754. The largest absolute Gasteiger partial charge is 0.295 e. The summed E-state index contributed by atoms with van der Waals surface area (Å²) in [4.78, 5) is 18.0. The first-order valence-electron chi connectivity index (χ1n) is 6.52. The smallest absolute Gasteiger partial charge is 0.276 e. The van der Waals surface area contributed by atoms with Crippen molar-refractivity contribution in [3.8, 4) is 0 Å². The molecule has 2 heterocycles. The number of carbonyl (C=O) groups is 1. The minimum atomic E-state index is -3.74. The zero-order valence-corrected chi connectivity index (χ0v) is 12.5. The lowest BCUT2D eigenvalue weighted by atomic mass is 10.2. The maximum absolute atomic E-state index is 12.5. The number of amides is 1. The number of pyridine rings is 1. The number of carbonyl (C=O) groups excluding carboxylic acids is 1. The van der Waals surface area contributed by atoms with Gasteiger partial charge in [-0.15, -0.1) is 0 Å². The number of hydrogen-bond acceptors (Lipinski definition) is 4. The quantitative estimate of drug-likeness (QED) is 0.908. The van der Waals surface area contributed by atoms with Crippen LogP contribution in [0.1, 0.15) is 5.56 Å². The number of anilines is 1. The first-order chi connectivity index (χ1) is 10.5. The van der Waals surface area contributed by atoms with E-state index >= 15 is 0 Å². The first kappa shape index (κ1) is 14.3. The summed E-state index contributed by atoms with van der Waals surface area (Å²) in [7, 11) is -2.20.